The highest BCUT2D eigenvalue weighted by atomic mass is 16.5. The van der Waals surface area contributed by atoms with Crippen molar-refractivity contribution in [1.29, 1.82) is 0 Å². The number of hydrogen-bond acceptors (Lipinski definition) is 5. The topological polar surface area (TPSA) is 93.4 Å². The first kappa shape index (κ1) is 17.6. The Morgan fingerprint density at radius 2 is 2.22 bits per heavy atom. The van der Waals surface area contributed by atoms with Crippen LogP contribution in [0.5, 0.6) is 5.75 Å². The number of carbonyl (C=O) groups excluding carboxylic acids is 1. The summed E-state index contributed by atoms with van der Waals surface area (Å²) in [4.78, 5) is 23.5. The third kappa shape index (κ3) is 3.18. The molecule has 1 aromatic heterocycles. The van der Waals surface area contributed by atoms with Crippen LogP contribution in [0, 0.1) is 6.92 Å². The van der Waals surface area contributed by atoms with Crippen LogP contribution < -0.4 is 15.8 Å². The molecular formula is C20H25N5O2. The van der Waals surface area contributed by atoms with Crippen molar-refractivity contribution in [3.63, 3.8) is 0 Å². The molecule has 1 fully saturated rings. The average molecular weight is 367 g/mol. The van der Waals surface area contributed by atoms with Crippen molar-refractivity contribution >= 4 is 17.7 Å². The third-order valence-electron chi connectivity index (χ3n) is 5.80. The number of nitrogen functional groups attached to an aromatic ring is 1. The number of benzene rings is 1. The van der Waals surface area contributed by atoms with E-state index in [-0.39, 0.29) is 11.4 Å². The molecule has 1 saturated heterocycles. The molecule has 0 radical (unpaired) electrons. The molecule has 142 valence electrons. The van der Waals surface area contributed by atoms with Crippen molar-refractivity contribution < 1.29 is 9.53 Å². The zero-order chi connectivity index (χ0) is 19.0. The van der Waals surface area contributed by atoms with Crippen LogP contribution in [0.15, 0.2) is 24.4 Å². The Labute approximate surface area is 158 Å². The number of methoxy groups -OCH3 is 1. The molecule has 2 aromatic rings. The van der Waals surface area contributed by atoms with Crippen LogP contribution in [0.4, 0.5) is 16.4 Å². The van der Waals surface area contributed by atoms with E-state index in [2.05, 4.69) is 15.3 Å². The van der Waals surface area contributed by atoms with Gasteiger partial charge >= 0.3 is 6.03 Å². The number of amides is 2. The Hall–Kier alpha value is -2.83. The number of ether oxygens (including phenoxy) is 1. The van der Waals surface area contributed by atoms with Gasteiger partial charge in [0.1, 0.15) is 5.75 Å². The molecule has 1 unspecified atom stereocenters. The van der Waals surface area contributed by atoms with Gasteiger partial charge in [-0.25, -0.2) is 14.8 Å². The lowest BCUT2D eigenvalue weighted by Gasteiger charge is -2.40. The molecule has 1 aliphatic heterocycles. The van der Waals surface area contributed by atoms with Crippen LogP contribution >= 0.6 is 0 Å². The maximum atomic E-state index is 12.9. The fourth-order valence-corrected chi connectivity index (χ4v) is 4.35. The molecule has 1 aromatic carbocycles. The molecule has 2 aliphatic rings. The Balaban J connectivity index is 1.53. The largest absolute Gasteiger partial charge is 0.497 e. The Morgan fingerprint density at radius 3 is 3.00 bits per heavy atom. The first-order valence-corrected chi connectivity index (χ1v) is 9.33. The number of hydrogen-bond donors (Lipinski definition) is 2. The molecule has 0 bridgehead atoms. The van der Waals surface area contributed by atoms with Crippen molar-refractivity contribution in [2.75, 3.05) is 31.2 Å². The van der Waals surface area contributed by atoms with Crippen molar-refractivity contribution in [3.05, 3.63) is 41.2 Å². The molecule has 7 heteroatoms. The molecule has 7 nitrogen and oxygen atoms in total. The first-order chi connectivity index (χ1) is 13.0. The van der Waals surface area contributed by atoms with E-state index in [0.29, 0.717) is 12.5 Å². The number of anilines is 2. The number of nitrogens with two attached hydrogens (primary N) is 1. The lowest BCUT2D eigenvalue weighted by atomic mass is 9.77. The summed E-state index contributed by atoms with van der Waals surface area (Å²) in [7, 11) is 1.63. The highest BCUT2D eigenvalue weighted by Gasteiger charge is 2.44. The fourth-order valence-electron chi connectivity index (χ4n) is 4.35. The highest BCUT2D eigenvalue weighted by Crippen LogP contribution is 2.44. The van der Waals surface area contributed by atoms with Crippen molar-refractivity contribution in [3.8, 4) is 5.75 Å². The summed E-state index contributed by atoms with van der Waals surface area (Å²) in [5.74, 6) is 1.09. The summed E-state index contributed by atoms with van der Waals surface area (Å²) in [5.41, 5.74) is 9.71. The number of aromatic nitrogens is 2. The van der Waals surface area contributed by atoms with Gasteiger partial charge in [0, 0.05) is 30.4 Å². The molecule has 2 heterocycles. The number of rotatable bonds is 2. The summed E-state index contributed by atoms with van der Waals surface area (Å²) < 4.78 is 5.23. The SMILES string of the molecule is COc1ccc(NC(=O)N2CCCC3(CCc4cnc(N)nc43)C2)c(C)c1. The normalized spacial score (nSPS) is 21.2. The summed E-state index contributed by atoms with van der Waals surface area (Å²) in [6.07, 6.45) is 5.76. The minimum absolute atomic E-state index is 0.0715. The molecule has 0 saturated carbocycles. The molecule has 2 amide bonds. The average Bonchev–Trinajstić information content (AvgIpc) is 3.00. The number of fused-ring (bicyclic) bond motifs is 2. The monoisotopic (exact) mass is 367 g/mol. The summed E-state index contributed by atoms with van der Waals surface area (Å²) >= 11 is 0. The Kier molecular flexibility index (Phi) is 4.37. The maximum Gasteiger partial charge on any atom is 0.321 e. The lowest BCUT2D eigenvalue weighted by Crippen LogP contribution is -2.49. The first-order valence-electron chi connectivity index (χ1n) is 9.33. The van der Waals surface area contributed by atoms with E-state index in [9.17, 15) is 4.79 Å². The molecule has 4 rings (SSSR count). The minimum Gasteiger partial charge on any atom is -0.497 e. The van der Waals surface area contributed by atoms with Gasteiger partial charge in [-0.3, -0.25) is 0 Å². The Bertz CT molecular complexity index is 881. The van der Waals surface area contributed by atoms with Crippen molar-refractivity contribution in [2.45, 2.75) is 38.0 Å². The van der Waals surface area contributed by atoms with Gasteiger partial charge in [0.15, 0.2) is 0 Å². The number of nitrogens with zero attached hydrogens (tertiary/aromatic N) is 3. The predicted molar refractivity (Wildman–Crippen MR) is 104 cm³/mol. The van der Waals surface area contributed by atoms with Crippen molar-refractivity contribution in [2.24, 2.45) is 0 Å². The van der Waals surface area contributed by atoms with Gasteiger partial charge in [-0.05, 0) is 61.9 Å². The Morgan fingerprint density at radius 1 is 1.37 bits per heavy atom. The second kappa shape index (κ2) is 6.72. The van der Waals surface area contributed by atoms with E-state index in [0.717, 1.165) is 60.5 Å². The van der Waals surface area contributed by atoms with Crippen LogP contribution in [0.3, 0.4) is 0 Å². The molecule has 27 heavy (non-hydrogen) atoms. The number of aryl methyl sites for hydroxylation is 2. The summed E-state index contributed by atoms with van der Waals surface area (Å²) in [5, 5.41) is 3.05. The van der Waals surface area contributed by atoms with Crippen LogP contribution in [-0.2, 0) is 11.8 Å². The predicted octanol–water partition coefficient (Wildman–Crippen LogP) is 2.89. The van der Waals surface area contributed by atoms with E-state index >= 15 is 0 Å². The summed E-state index contributed by atoms with van der Waals surface area (Å²) in [6.45, 7) is 3.37. The van der Waals surface area contributed by atoms with E-state index < -0.39 is 0 Å². The van der Waals surface area contributed by atoms with Gasteiger partial charge in [-0.2, -0.15) is 0 Å². The van der Waals surface area contributed by atoms with E-state index in [1.54, 1.807) is 7.11 Å². The quantitative estimate of drug-likeness (QED) is 0.851. The second-order valence-electron chi connectivity index (χ2n) is 7.52. The number of carbonyl (C=O) groups is 1. The highest BCUT2D eigenvalue weighted by molar-refractivity contribution is 5.90. The van der Waals surface area contributed by atoms with Crippen LogP contribution in [0.25, 0.3) is 0 Å². The zero-order valence-electron chi connectivity index (χ0n) is 15.8. The number of piperidine rings is 1. The molecule has 1 atom stereocenters. The van der Waals surface area contributed by atoms with Gasteiger partial charge in [-0.1, -0.05) is 0 Å². The van der Waals surface area contributed by atoms with Crippen LogP contribution in [0.2, 0.25) is 0 Å². The minimum atomic E-state index is -0.100. The smallest absolute Gasteiger partial charge is 0.321 e. The number of likely N-dealkylation sites (tertiary alicyclic amines) is 1. The zero-order valence-corrected chi connectivity index (χ0v) is 15.8. The summed E-state index contributed by atoms with van der Waals surface area (Å²) in [6, 6.07) is 5.58. The number of urea groups is 1. The fraction of sp³-hybridized carbons (Fsp3) is 0.450. The molecule has 1 spiro atoms. The van der Waals surface area contributed by atoms with Crippen LogP contribution in [-0.4, -0.2) is 41.1 Å². The van der Waals surface area contributed by atoms with Gasteiger partial charge in [0.2, 0.25) is 5.95 Å². The van der Waals surface area contributed by atoms with Gasteiger partial charge in [-0.15, -0.1) is 0 Å². The molecular weight excluding hydrogens is 342 g/mol. The van der Waals surface area contributed by atoms with Crippen LogP contribution in [0.1, 0.15) is 36.1 Å². The second-order valence-corrected chi connectivity index (χ2v) is 7.52. The lowest BCUT2D eigenvalue weighted by molar-refractivity contribution is 0.157. The standard InChI is InChI=1S/C20H25N5O2/c1-13-10-15(27-2)4-5-16(13)23-19(26)25-9-3-7-20(12-25)8-6-14-11-22-18(21)24-17(14)20/h4-5,10-11H,3,6-9,12H2,1-2H3,(H,23,26)(H2,21,22,24). The molecule has 1 aliphatic carbocycles. The number of nitrogens with one attached hydrogen (secondary N) is 1. The van der Waals surface area contributed by atoms with E-state index in [1.165, 1.54) is 0 Å². The van der Waals surface area contributed by atoms with E-state index in [4.69, 9.17) is 10.5 Å². The van der Waals surface area contributed by atoms with Gasteiger partial charge in [0.25, 0.3) is 0 Å². The van der Waals surface area contributed by atoms with Gasteiger partial charge in [0.05, 0.1) is 12.8 Å². The van der Waals surface area contributed by atoms with Crippen molar-refractivity contribution in [1.82, 2.24) is 14.9 Å². The maximum absolute atomic E-state index is 12.9. The van der Waals surface area contributed by atoms with Gasteiger partial charge < -0.3 is 20.7 Å². The third-order valence-corrected chi connectivity index (χ3v) is 5.80. The van der Waals surface area contributed by atoms with E-state index in [1.807, 2.05) is 36.2 Å². The molecule has 3 N–H and O–H groups in total.